The highest BCUT2D eigenvalue weighted by Crippen LogP contribution is 2.40. The zero-order valence-electron chi connectivity index (χ0n) is 18.2. The molecule has 2 aliphatic rings. The summed E-state index contributed by atoms with van der Waals surface area (Å²) < 4.78 is 16.0. The molecule has 168 valence electrons. The van der Waals surface area contributed by atoms with E-state index in [1.165, 1.54) is 26.2 Å². The number of nitrogens with zero attached hydrogens (tertiary/aromatic N) is 2. The van der Waals surface area contributed by atoms with Crippen molar-refractivity contribution in [3.63, 3.8) is 0 Å². The van der Waals surface area contributed by atoms with Crippen LogP contribution in [0.1, 0.15) is 23.2 Å². The third-order valence-electron chi connectivity index (χ3n) is 5.74. The third-order valence-corrected chi connectivity index (χ3v) is 5.74. The Morgan fingerprint density at radius 2 is 1.75 bits per heavy atom. The lowest BCUT2D eigenvalue weighted by atomic mass is 10.1. The second kappa shape index (κ2) is 8.78. The molecule has 1 saturated heterocycles. The van der Waals surface area contributed by atoms with Crippen LogP contribution < -0.4 is 24.4 Å². The van der Waals surface area contributed by atoms with Crippen molar-refractivity contribution in [1.82, 2.24) is 4.90 Å². The monoisotopic (exact) mass is 439 g/mol. The van der Waals surface area contributed by atoms with Crippen molar-refractivity contribution >= 4 is 29.1 Å². The van der Waals surface area contributed by atoms with Crippen LogP contribution in [0.2, 0.25) is 0 Å². The van der Waals surface area contributed by atoms with Crippen molar-refractivity contribution in [3.8, 4) is 17.2 Å². The Hall–Kier alpha value is -3.75. The van der Waals surface area contributed by atoms with Gasteiger partial charge in [-0.3, -0.25) is 14.4 Å². The number of hydrogen-bond donors (Lipinski definition) is 1. The number of hydrogen-bond acceptors (Lipinski definition) is 6. The molecule has 32 heavy (non-hydrogen) atoms. The molecule has 9 nitrogen and oxygen atoms in total. The summed E-state index contributed by atoms with van der Waals surface area (Å²) in [5.74, 6) is 0.353. The Labute approximate surface area is 185 Å². The van der Waals surface area contributed by atoms with E-state index in [9.17, 15) is 14.4 Å². The molecule has 1 N–H and O–H groups in total. The first-order valence-electron chi connectivity index (χ1n) is 10.3. The van der Waals surface area contributed by atoms with Crippen LogP contribution >= 0.6 is 0 Å². The predicted octanol–water partition coefficient (Wildman–Crippen LogP) is 2.30. The van der Waals surface area contributed by atoms with Crippen LogP contribution in [0, 0.1) is 0 Å². The molecule has 0 bridgehead atoms. The van der Waals surface area contributed by atoms with Crippen LogP contribution in [0.25, 0.3) is 0 Å². The van der Waals surface area contributed by atoms with Gasteiger partial charge in [-0.05, 0) is 25.0 Å². The third kappa shape index (κ3) is 3.70. The van der Waals surface area contributed by atoms with Crippen molar-refractivity contribution in [3.05, 3.63) is 42.0 Å². The van der Waals surface area contributed by atoms with E-state index in [0.717, 1.165) is 6.42 Å². The predicted molar refractivity (Wildman–Crippen MR) is 118 cm³/mol. The van der Waals surface area contributed by atoms with Gasteiger partial charge in [0, 0.05) is 24.4 Å². The van der Waals surface area contributed by atoms with Gasteiger partial charge >= 0.3 is 0 Å². The Morgan fingerprint density at radius 3 is 2.41 bits per heavy atom. The molecular formula is C23H25N3O6. The molecule has 0 aromatic heterocycles. The van der Waals surface area contributed by atoms with Gasteiger partial charge < -0.3 is 29.3 Å². The molecule has 9 heteroatoms. The first kappa shape index (κ1) is 21.5. The second-order valence-corrected chi connectivity index (χ2v) is 7.56. The van der Waals surface area contributed by atoms with Crippen LogP contribution in [0.5, 0.6) is 17.2 Å². The molecule has 2 aliphatic heterocycles. The highest BCUT2D eigenvalue weighted by atomic mass is 16.5. The van der Waals surface area contributed by atoms with Crippen molar-refractivity contribution < 1.29 is 28.6 Å². The lowest BCUT2D eigenvalue weighted by Gasteiger charge is -2.25. The molecule has 1 fully saturated rings. The molecule has 3 amide bonds. The van der Waals surface area contributed by atoms with Gasteiger partial charge in [-0.1, -0.05) is 12.1 Å². The summed E-state index contributed by atoms with van der Waals surface area (Å²) in [5, 5.41) is 2.79. The van der Waals surface area contributed by atoms with Crippen molar-refractivity contribution in [1.29, 1.82) is 0 Å². The van der Waals surface area contributed by atoms with Gasteiger partial charge in [0.2, 0.25) is 17.6 Å². The number of carbonyl (C=O) groups is 3. The van der Waals surface area contributed by atoms with Crippen LogP contribution in [0.15, 0.2) is 36.4 Å². The maximum atomic E-state index is 13.3. The first-order chi connectivity index (χ1) is 15.5. The number of anilines is 2. The normalized spacial score (nSPS) is 17.4. The average Bonchev–Trinajstić information content (AvgIpc) is 3.28. The smallest absolute Gasteiger partial charge is 0.256 e. The van der Waals surface area contributed by atoms with Crippen molar-refractivity contribution in [2.45, 2.75) is 18.9 Å². The fourth-order valence-electron chi connectivity index (χ4n) is 4.27. The van der Waals surface area contributed by atoms with E-state index < -0.39 is 11.9 Å². The Morgan fingerprint density at radius 1 is 1.06 bits per heavy atom. The van der Waals surface area contributed by atoms with Crippen LogP contribution in [0.3, 0.4) is 0 Å². The Balaban J connectivity index is 1.62. The van der Waals surface area contributed by atoms with E-state index in [1.54, 1.807) is 41.3 Å². The minimum atomic E-state index is -0.552. The van der Waals surface area contributed by atoms with Gasteiger partial charge in [-0.15, -0.1) is 0 Å². The van der Waals surface area contributed by atoms with Gasteiger partial charge in [0.25, 0.3) is 5.91 Å². The summed E-state index contributed by atoms with van der Waals surface area (Å²) in [6.07, 6.45) is 1.35. The molecule has 2 aromatic carbocycles. The SMILES string of the molecule is COc1cc(NC(=O)CN2C(=O)[C@H]3CCCN3C(=O)c3ccccc32)cc(OC)c1OC. The molecule has 4 rings (SSSR count). The fourth-order valence-corrected chi connectivity index (χ4v) is 4.27. The molecule has 2 heterocycles. The lowest BCUT2D eigenvalue weighted by molar-refractivity contribution is -0.124. The maximum absolute atomic E-state index is 13.3. The molecule has 0 spiro atoms. The van der Waals surface area contributed by atoms with Gasteiger partial charge in [0.1, 0.15) is 12.6 Å². The van der Waals surface area contributed by atoms with E-state index in [4.69, 9.17) is 14.2 Å². The lowest BCUT2D eigenvalue weighted by Crippen LogP contribution is -2.47. The summed E-state index contributed by atoms with van der Waals surface area (Å²) in [6, 6.07) is 9.56. The summed E-state index contributed by atoms with van der Waals surface area (Å²) in [6.45, 7) is 0.305. The van der Waals surface area contributed by atoms with Gasteiger partial charge in [-0.25, -0.2) is 0 Å². The highest BCUT2D eigenvalue weighted by molar-refractivity contribution is 6.13. The second-order valence-electron chi connectivity index (χ2n) is 7.56. The summed E-state index contributed by atoms with van der Waals surface area (Å²) in [5.41, 5.74) is 1.29. The minimum Gasteiger partial charge on any atom is -0.493 e. The molecule has 1 atom stereocenters. The molecule has 2 aromatic rings. The molecule has 0 radical (unpaired) electrons. The quantitative estimate of drug-likeness (QED) is 0.742. The minimum absolute atomic E-state index is 0.177. The zero-order chi connectivity index (χ0) is 22.8. The van der Waals surface area contributed by atoms with Crippen molar-refractivity contribution in [2.24, 2.45) is 0 Å². The number of ether oxygens (including phenoxy) is 3. The van der Waals surface area contributed by atoms with Crippen LogP contribution in [-0.4, -0.2) is 63.1 Å². The number of nitrogens with one attached hydrogen (secondary N) is 1. The number of methoxy groups -OCH3 is 3. The van der Waals surface area contributed by atoms with E-state index in [2.05, 4.69) is 5.32 Å². The molecular weight excluding hydrogens is 414 g/mol. The number of para-hydroxylation sites is 1. The van der Waals surface area contributed by atoms with E-state index in [-0.39, 0.29) is 18.4 Å². The van der Waals surface area contributed by atoms with Gasteiger partial charge in [0.15, 0.2) is 11.5 Å². The van der Waals surface area contributed by atoms with Gasteiger partial charge in [0.05, 0.1) is 32.6 Å². The van der Waals surface area contributed by atoms with Crippen molar-refractivity contribution in [2.75, 3.05) is 44.6 Å². The molecule has 0 unspecified atom stereocenters. The fraction of sp³-hybridized carbons (Fsp3) is 0.348. The average molecular weight is 439 g/mol. The summed E-state index contributed by atoms with van der Waals surface area (Å²) in [7, 11) is 4.47. The first-order valence-corrected chi connectivity index (χ1v) is 10.3. The summed E-state index contributed by atoms with van der Waals surface area (Å²) in [4.78, 5) is 42.3. The van der Waals surface area contributed by atoms with Gasteiger partial charge in [-0.2, -0.15) is 0 Å². The number of benzene rings is 2. The number of carbonyl (C=O) groups excluding carboxylic acids is 3. The van der Waals surface area contributed by atoms with E-state index in [0.29, 0.717) is 47.2 Å². The number of amides is 3. The van der Waals surface area contributed by atoms with Crippen LogP contribution in [0.4, 0.5) is 11.4 Å². The maximum Gasteiger partial charge on any atom is 0.256 e. The van der Waals surface area contributed by atoms with E-state index >= 15 is 0 Å². The topological polar surface area (TPSA) is 97.4 Å². The molecule has 0 saturated carbocycles. The Kier molecular flexibility index (Phi) is 5.89. The van der Waals surface area contributed by atoms with E-state index in [1.807, 2.05) is 0 Å². The largest absolute Gasteiger partial charge is 0.493 e. The zero-order valence-corrected chi connectivity index (χ0v) is 18.2. The number of fused-ring (bicyclic) bond motifs is 2. The highest BCUT2D eigenvalue weighted by Gasteiger charge is 2.42. The van der Waals surface area contributed by atoms with Crippen LogP contribution in [-0.2, 0) is 9.59 Å². The number of rotatable bonds is 6. The standard InChI is InChI=1S/C23H25N3O6/c1-30-18-11-14(12-19(31-2)21(18)32-3)24-20(27)13-26-16-8-5-4-7-15(16)22(28)25-10-6-9-17(25)23(26)29/h4-5,7-8,11-12,17H,6,9-10,13H2,1-3H3,(H,24,27)/t17-/m1/s1. The Bertz CT molecular complexity index is 1040. The molecule has 0 aliphatic carbocycles. The summed E-state index contributed by atoms with van der Waals surface area (Å²) >= 11 is 0.